The summed E-state index contributed by atoms with van der Waals surface area (Å²) in [7, 11) is -4.35. The highest BCUT2D eigenvalue weighted by molar-refractivity contribution is 7.85. The van der Waals surface area contributed by atoms with E-state index in [2.05, 4.69) is 30.9 Å². The van der Waals surface area contributed by atoms with Gasteiger partial charge in [-0.1, -0.05) is 6.07 Å². The average Bonchev–Trinajstić information content (AvgIpc) is 2.73. The van der Waals surface area contributed by atoms with Crippen LogP contribution in [0.3, 0.4) is 0 Å². The molecule has 0 amide bonds. The summed E-state index contributed by atoms with van der Waals surface area (Å²) in [4.78, 5) is 12.4. The molecule has 2 rings (SSSR count). The molecule has 14 heteroatoms. The minimum Gasteiger partial charge on any atom is -0.394 e. The molecule has 0 fully saturated rings. The Morgan fingerprint density at radius 1 is 0.839 bits per heavy atom. The Hall–Kier alpha value is -2.62. The Balaban J connectivity index is 2.11. The standard InChI is InChI=1S/C17H26N6O7S/c24-6-10-29-8-4-18-15-21-16(19-5-9-30-11-7-25)23-17(22-15)20-13-2-1-3-14(12-13)31(26,27)28/h1-3,12,24-25H,4-11H2,(H,26,27,28)(H3,18,19,20,21,22,23). The number of rotatable bonds is 15. The highest BCUT2D eigenvalue weighted by Gasteiger charge is 2.11. The maximum absolute atomic E-state index is 11.3. The van der Waals surface area contributed by atoms with Crippen LogP contribution in [0.15, 0.2) is 29.2 Å². The van der Waals surface area contributed by atoms with Crippen molar-refractivity contribution < 1.29 is 32.7 Å². The van der Waals surface area contributed by atoms with Crippen LogP contribution >= 0.6 is 0 Å². The van der Waals surface area contributed by atoms with E-state index < -0.39 is 10.1 Å². The van der Waals surface area contributed by atoms with Gasteiger partial charge in [-0.3, -0.25) is 4.55 Å². The van der Waals surface area contributed by atoms with E-state index in [0.29, 0.717) is 32.0 Å². The van der Waals surface area contributed by atoms with Gasteiger partial charge in [0.2, 0.25) is 17.8 Å². The zero-order valence-corrected chi connectivity index (χ0v) is 17.5. The number of ether oxygens (including phenoxy) is 2. The van der Waals surface area contributed by atoms with Crippen molar-refractivity contribution in [2.45, 2.75) is 4.90 Å². The topological polar surface area (TPSA) is 188 Å². The van der Waals surface area contributed by atoms with Crippen molar-refractivity contribution >= 4 is 33.7 Å². The lowest BCUT2D eigenvalue weighted by molar-refractivity contribution is 0.0990. The summed E-state index contributed by atoms with van der Waals surface area (Å²) in [6.45, 7) is 1.68. The van der Waals surface area contributed by atoms with Gasteiger partial charge in [-0.25, -0.2) is 0 Å². The van der Waals surface area contributed by atoms with Gasteiger partial charge in [0.25, 0.3) is 10.1 Å². The van der Waals surface area contributed by atoms with Crippen LogP contribution in [0.5, 0.6) is 0 Å². The predicted molar refractivity (Wildman–Crippen MR) is 112 cm³/mol. The summed E-state index contributed by atoms with van der Waals surface area (Å²) in [6.07, 6.45) is 0. The number of aliphatic hydroxyl groups excluding tert-OH is 2. The first-order valence-electron chi connectivity index (χ1n) is 9.38. The fourth-order valence-corrected chi connectivity index (χ4v) is 2.78. The second kappa shape index (κ2) is 12.9. The number of aromatic nitrogens is 3. The SMILES string of the molecule is O=S(=O)(O)c1cccc(Nc2nc(NCCOCCO)nc(NCCOCCO)n2)c1. The molecule has 31 heavy (non-hydrogen) atoms. The van der Waals surface area contributed by atoms with Crippen LogP contribution in [0.25, 0.3) is 0 Å². The third kappa shape index (κ3) is 9.37. The maximum Gasteiger partial charge on any atom is 0.294 e. The van der Waals surface area contributed by atoms with Crippen molar-refractivity contribution in [3.8, 4) is 0 Å². The van der Waals surface area contributed by atoms with Gasteiger partial charge in [0, 0.05) is 18.8 Å². The molecule has 0 spiro atoms. The Kier molecular flexibility index (Phi) is 10.3. The molecule has 0 saturated carbocycles. The monoisotopic (exact) mass is 458 g/mol. The molecular weight excluding hydrogens is 432 g/mol. The molecule has 1 aromatic carbocycles. The second-order valence-electron chi connectivity index (χ2n) is 5.96. The summed E-state index contributed by atoms with van der Waals surface area (Å²) < 4.78 is 42.3. The number of nitrogens with zero attached hydrogens (tertiary/aromatic N) is 3. The summed E-state index contributed by atoms with van der Waals surface area (Å²) >= 11 is 0. The first kappa shape index (κ1) is 24.6. The van der Waals surface area contributed by atoms with E-state index in [9.17, 15) is 13.0 Å². The average molecular weight is 458 g/mol. The smallest absolute Gasteiger partial charge is 0.294 e. The highest BCUT2D eigenvalue weighted by atomic mass is 32.2. The molecule has 0 saturated heterocycles. The van der Waals surface area contributed by atoms with Crippen molar-refractivity contribution in [2.75, 3.05) is 68.7 Å². The molecule has 0 unspecified atom stereocenters. The molecular formula is C17H26N6O7S. The summed E-state index contributed by atoms with van der Waals surface area (Å²) in [5, 5.41) is 26.3. The highest BCUT2D eigenvalue weighted by Crippen LogP contribution is 2.19. The normalized spacial score (nSPS) is 11.3. The number of benzene rings is 1. The first-order valence-corrected chi connectivity index (χ1v) is 10.8. The number of anilines is 4. The first-order chi connectivity index (χ1) is 14.9. The lowest BCUT2D eigenvalue weighted by atomic mass is 10.3. The van der Waals surface area contributed by atoms with Crippen molar-refractivity contribution in [2.24, 2.45) is 0 Å². The van der Waals surface area contributed by atoms with Crippen LogP contribution in [-0.4, -0.2) is 90.9 Å². The predicted octanol–water partition coefficient (Wildman–Crippen LogP) is -0.297. The van der Waals surface area contributed by atoms with E-state index in [1.165, 1.54) is 18.2 Å². The zero-order chi connectivity index (χ0) is 22.5. The van der Waals surface area contributed by atoms with Crippen molar-refractivity contribution in [3.63, 3.8) is 0 Å². The minimum atomic E-state index is -4.35. The van der Waals surface area contributed by atoms with Crippen LogP contribution < -0.4 is 16.0 Å². The van der Waals surface area contributed by atoms with Gasteiger partial charge in [0.15, 0.2) is 0 Å². The Bertz CT molecular complexity index is 883. The van der Waals surface area contributed by atoms with E-state index >= 15 is 0 Å². The maximum atomic E-state index is 11.3. The fraction of sp³-hybridized carbons (Fsp3) is 0.471. The van der Waals surface area contributed by atoms with Gasteiger partial charge in [0.05, 0.1) is 44.5 Å². The van der Waals surface area contributed by atoms with Crippen LogP contribution in [0.2, 0.25) is 0 Å². The third-order valence-corrected chi connectivity index (χ3v) is 4.40. The molecule has 0 atom stereocenters. The Morgan fingerprint density at radius 2 is 1.39 bits per heavy atom. The lowest BCUT2D eigenvalue weighted by Crippen LogP contribution is -2.17. The zero-order valence-electron chi connectivity index (χ0n) is 16.7. The second-order valence-corrected chi connectivity index (χ2v) is 7.38. The number of nitrogens with one attached hydrogen (secondary N) is 3. The van der Waals surface area contributed by atoms with Crippen LogP contribution in [0.1, 0.15) is 0 Å². The van der Waals surface area contributed by atoms with Crippen molar-refractivity contribution in [3.05, 3.63) is 24.3 Å². The number of aliphatic hydroxyl groups is 2. The lowest BCUT2D eigenvalue weighted by Gasteiger charge is -2.12. The molecule has 1 aromatic heterocycles. The van der Waals surface area contributed by atoms with Crippen molar-refractivity contribution in [1.82, 2.24) is 15.0 Å². The summed E-state index contributed by atoms with van der Waals surface area (Å²) in [6, 6.07) is 5.55. The molecule has 0 bridgehead atoms. The van der Waals surface area contributed by atoms with E-state index in [-0.39, 0.29) is 49.2 Å². The van der Waals surface area contributed by atoms with Gasteiger partial charge in [-0.2, -0.15) is 23.4 Å². The van der Waals surface area contributed by atoms with Gasteiger partial charge >= 0.3 is 0 Å². The number of hydrogen-bond acceptors (Lipinski definition) is 12. The largest absolute Gasteiger partial charge is 0.394 e. The molecule has 0 aliphatic rings. The molecule has 0 radical (unpaired) electrons. The van der Waals surface area contributed by atoms with Gasteiger partial charge in [-0.15, -0.1) is 0 Å². The summed E-state index contributed by atoms with van der Waals surface area (Å²) in [5.74, 6) is 0.588. The van der Waals surface area contributed by atoms with E-state index in [1.807, 2.05) is 0 Å². The summed E-state index contributed by atoms with van der Waals surface area (Å²) in [5.41, 5.74) is 0.343. The van der Waals surface area contributed by atoms with Crippen molar-refractivity contribution in [1.29, 1.82) is 0 Å². The van der Waals surface area contributed by atoms with E-state index in [1.54, 1.807) is 6.07 Å². The molecule has 2 aromatic rings. The molecule has 0 aliphatic carbocycles. The Morgan fingerprint density at radius 3 is 1.90 bits per heavy atom. The molecule has 172 valence electrons. The Labute approximate surface area is 179 Å². The third-order valence-electron chi connectivity index (χ3n) is 3.55. The van der Waals surface area contributed by atoms with E-state index in [0.717, 1.165) is 0 Å². The van der Waals surface area contributed by atoms with Gasteiger partial charge < -0.3 is 35.6 Å². The van der Waals surface area contributed by atoms with Crippen LogP contribution in [0.4, 0.5) is 23.5 Å². The van der Waals surface area contributed by atoms with E-state index in [4.69, 9.17) is 19.7 Å². The van der Waals surface area contributed by atoms with Gasteiger partial charge in [0.1, 0.15) is 0 Å². The molecule has 13 nitrogen and oxygen atoms in total. The molecule has 6 N–H and O–H groups in total. The van der Waals surface area contributed by atoms with Gasteiger partial charge in [-0.05, 0) is 18.2 Å². The molecule has 0 aliphatic heterocycles. The minimum absolute atomic E-state index is 0.0745. The van der Waals surface area contributed by atoms with Crippen LogP contribution in [-0.2, 0) is 19.6 Å². The molecule has 1 heterocycles. The quantitative estimate of drug-likeness (QED) is 0.151. The fourth-order valence-electron chi connectivity index (χ4n) is 2.26. The number of hydrogen-bond donors (Lipinski definition) is 6. The van der Waals surface area contributed by atoms with Crippen LogP contribution in [0, 0.1) is 0 Å².